The zero-order chi connectivity index (χ0) is 30.5. The van der Waals surface area contributed by atoms with E-state index in [1.165, 1.54) is 27.5 Å². The van der Waals surface area contributed by atoms with Crippen molar-refractivity contribution in [1.82, 2.24) is 4.98 Å². The molecule has 0 saturated carbocycles. The van der Waals surface area contributed by atoms with Crippen molar-refractivity contribution in [3.63, 3.8) is 0 Å². The molecule has 0 aliphatic rings. The van der Waals surface area contributed by atoms with E-state index in [-0.39, 0.29) is 0 Å². The summed E-state index contributed by atoms with van der Waals surface area (Å²) in [4.78, 5) is 7.51. The number of fused-ring (bicyclic) bond motifs is 6. The van der Waals surface area contributed by atoms with Gasteiger partial charge in [-0.05, 0) is 86.9 Å². The van der Waals surface area contributed by atoms with E-state index in [0.29, 0.717) is 0 Å². The van der Waals surface area contributed by atoms with Gasteiger partial charge in [0.05, 0.1) is 0 Å². The molecular formula is C43H28N2O. The van der Waals surface area contributed by atoms with Gasteiger partial charge in [0.15, 0.2) is 5.58 Å². The predicted octanol–water partition coefficient (Wildman–Crippen LogP) is 12.1. The molecule has 0 amide bonds. The van der Waals surface area contributed by atoms with Gasteiger partial charge in [0.1, 0.15) is 16.9 Å². The largest absolute Gasteiger partial charge is 0.454 e. The van der Waals surface area contributed by atoms with Gasteiger partial charge in [0, 0.05) is 22.1 Å². The van der Waals surface area contributed by atoms with Gasteiger partial charge in [-0.2, -0.15) is 0 Å². The van der Waals surface area contributed by atoms with Gasteiger partial charge in [-0.25, -0.2) is 4.98 Å². The summed E-state index contributed by atoms with van der Waals surface area (Å²) in [5.74, 6) is 0.825. The average Bonchev–Trinajstić information content (AvgIpc) is 3.51. The Hall–Kier alpha value is -6.19. The smallest absolute Gasteiger partial charge is 0.154 e. The lowest BCUT2D eigenvalue weighted by Gasteiger charge is -2.25. The number of nitrogens with zero attached hydrogens (tertiary/aromatic N) is 2. The van der Waals surface area contributed by atoms with Crippen LogP contribution in [0, 0.1) is 0 Å². The van der Waals surface area contributed by atoms with Gasteiger partial charge in [-0.3, -0.25) is 4.90 Å². The summed E-state index contributed by atoms with van der Waals surface area (Å²) in [5, 5.41) is 5.72. The van der Waals surface area contributed by atoms with Crippen molar-refractivity contribution >= 4 is 60.8 Å². The van der Waals surface area contributed by atoms with Crippen LogP contribution in [0.25, 0.3) is 65.9 Å². The van der Waals surface area contributed by atoms with Crippen LogP contribution in [0.3, 0.4) is 0 Å². The monoisotopic (exact) mass is 588 g/mol. The molecule has 3 nitrogen and oxygen atoms in total. The molecule has 0 bridgehead atoms. The number of rotatable bonds is 5. The number of furan rings is 1. The van der Waals surface area contributed by atoms with Gasteiger partial charge >= 0.3 is 0 Å². The number of hydrogen-bond donors (Lipinski definition) is 0. The quantitative estimate of drug-likeness (QED) is 0.200. The Bertz CT molecular complexity index is 2530. The van der Waals surface area contributed by atoms with Crippen molar-refractivity contribution in [2.24, 2.45) is 0 Å². The fourth-order valence-corrected chi connectivity index (χ4v) is 6.53. The van der Waals surface area contributed by atoms with Crippen LogP contribution < -0.4 is 4.90 Å². The number of anilines is 3. The summed E-state index contributed by atoms with van der Waals surface area (Å²) in [6.45, 7) is 0. The number of aromatic nitrogens is 1. The molecule has 0 saturated heterocycles. The van der Waals surface area contributed by atoms with E-state index in [4.69, 9.17) is 9.40 Å². The van der Waals surface area contributed by atoms with Gasteiger partial charge < -0.3 is 4.42 Å². The molecule has 7 aromatic carbocycles. The molecule has 3 heteroatoms. The standard InChI is InChI=1S/C43H28N2O/c1-2-9-29(10-3-1)31-19-22-36(23-20-31)45(37-15-8-14-34(28-37)35-18-17-30-11-4-5-13-33(30)27-35)41-26-25-40-42(44-41)39-24-21-32-12-6-7-16-38(32)43(39)46-40/h1-28H. The van der Waals surface area contributed by atoms with Crippen molar-refractivity contribution in [3.05, 3.63) is 170 Å². The number of hydrogen-bond acceptors (Lipinski definition) is 3. The molecule has 0 N–H and O–H groups in total. The lowest BCUT2D eigenvalue weighted by molar-refractivity contribution is 0.672. The Labute approximate surface area is 266 Å². The number of benzene rings is 7. The van der Waals surface area contributed by atoms with Crippen LogP contribution in [0.4, 0.5) is 17.2 Å². The molecule has 0 aliphatic carbocycles. The maximum Gasteiger partial charge on any atom is 0.154 e. The first-order valence-electron chi connectivity index (χ1n) is 15.5. The van der Waals surface area contributed by atoms with E-state index in [1.807, 2.05) is 12.1 Å². The Morgan fingerprint density at radius 2 is 1.09 bits per heavy atom. The third-order valence-electron chi connectivity index (χ3n) is 8.84. The normalized spacial score (nSPS) is 11.5. The summed E-state index contributed by atoms with van der Waals surface area (Å²) in [5.41, 5.74) is 9.25. The third-order valence-corrected chi connectivity index (χ3v) is 8.84. The highest BCUT2D eigenvalue weighted by Gasteiger charge is 2.18. The highest BCUT2D eigenvalue weighted by molar-refractivity contribution is 6.14. The van der Waals surface area contributed by atoms with E-state index < -0.39 is 0 Å². The molecule has 0 atom stereocenters. The van der Waals surface area contributed by atoms with Crippen molar-refractivity contribution in [2.45, 2.75) is 0 Å². The van der Waals surface area contributed by atoms with E-state index in [0.717, 1.165) is 55.6 Å². The second kappa shape index (κ2) is 10.8. The van der Waals surface area contributed by atoms with Crippen molar-refractivity contribution in [2.75, 3.05) is 4.90 Å². The molecule has 216 valence electrons. The average molecular weight is 589 g/mol. The Morgan fingerprint density at radius 1 is 0.413 bits per heavy atom. The maximum absolute atomic E-state index is 6.41. The molecule has 0 spiro atoms. The molecule has 9 aromatic rings. The summed E-state index contributed by atoms with van der Waals surface area (Å²) in [7, 11) is 0. The molecule has 2 heterocycles. The van der Waals surface area contributed by atoms with E-state index in [2.05, 4.69) is 163 Å². The minimum Gasteiger partial charge on any atom is -0.454 e. The summed E-state index contributed by atoms with van der Waals surface area (Å²) in [6, 6.07) is 59.8. The van der Waals surface area contributed by atoms with Crippen LogP contribution in [-0.2, 0) is 0 Å². The first kappa shape index (κ1) is 26.2. The van der Waals surface area contributed by atoms with Crippen LogP contribution in [0.2, 0.25) is 0 Å². The van der Waals surface area contributed by atoms with E-state index in [1.54, 1.807) is 0 Å². The Morgan fingerprint density at radius 3 is 1.96 bits per heavy atom. The predicted molar refractivity (Wildman–Crippen MR) is 192 cm³/mol. The van der Waals surface area contributed by atoms with Crippen LogP contribution in [0.1, 0.15) is 0 Å². The fourth-order valence-electron chi connectivity index (χ4n) is 6.53. The first-order valence-corrected chi connectivity index (χ1v) is 15.5. The van der Waals surface area contributed by atoms with Crippen molar-refractivity contribution in [3.8, 4) is 22.3 Å². The lowest BCUT2D eigenvalue weighted by Crippen LogP contribution is -2.11. The lowest BCUT2D eigenvalue weighted by atomic mass is 10.0. The minimum absolute atomic E-state index is 0.777. The molecule has 0 aliphatic heterocycles. The highest BCUT2D eigenvalue weighted by atomic mass is 16.3. The molecule has 0 unspecified atom stereocenters. The maximum atomic E-state index is 6.41. The van der Waals surface area contributed by atoms with Crippen LogP contribution in [-0.4, -0.2) is 4.98 Å². The summed E-state index contributed by atoms with van der Waals surface area (Å²) in [6.07, 6.45) is 0. The third kappa shape index (κ3) is 4.49. The van der Waals surface area contributed by atoms with Crippen LogP contribution >= 0.6 is 0 Å². The minimum atomic E-state index is 0.777. The van der Waals surface area contributed by atoms with Gasteiger partial charge in [-0.1, -0.05) is 121 Å². The zero-order valence-electron chi connectivity index (χ0n) is 25.0. The molecule has 0 fully saturated rings. The fraction of sp³-hybridized carbons (Fsp3) is 0. The molecule has 46 heavy (non-hydrogen) atoms. The first-order chi connectivity index (χ1) is 22.8. The summed E-state index contributed by atoms with van der Waals surface area (Å²) < 4.78 is 6.41. The highest BCUT2D eigenvalue weighted by Crippen LogP contribution is 2.40. The van der Waals surface area contributed by atoms with Gasteiger partial charge in [0.2, 0.25) is 0 Å². The van der Waals surface area contributed by atoms with Crippen LogP contribution in [0.5, 0.6) is 0 Å². The molecule has 0 radical (unpaired) electrons. The summed E-state index contributed by atoms with van der Waals surface area (Å²) >= 11 is 0. The van der Waals surface area contributed by atoms with E-state index >= 15 is 0 Å². The Kier molecular flexibility index (Phi) is 6.14. The molecular weight excluding hydrogens is 560 g/mol. The van der Waals surface area contributed by atoms with Crippen molar-refractivity contribution in [1.29, 1.82) is 0 Å². The van der Waals surface area contributed by atoms with Gasteiger partial charge in [-0.15, -0.1) is 0 Å². The van der Waals surface area contributed by atoms with Gasteiger partial charge in [0.25, 0.3) is 0 Å². The molecule has 2 aromatic heterocycles. The Balaban J connectivity index is 1.21. The second-order valence-corrected chi connectivity index (χ2v) is 11.6. The molecule has 9 rings (SSSR count). The topological polar surface area (TPSA) is 29.3 Å². The van der Waals surface area contributed by atoms with E-state index in [9.17, 15) is 0 Å². The van der Waals surface area contributed by atoms with Crippen LogP contribution in [0.15, 0.2) is 174 Å². The second-order valence-electron chi connectivity index (χ2n) is 11.6. The number of pyridine rings is 1. The SMILES string of the molecule is c1ccc(-c2ccc(N(c3cccc(-c4ccc5ccccc5c4)c3)c3ccc4oc5c6ccccc6ccc5c4n3)cc2)cc1. The van der Waals surface area contributed by atoms with Crippen molar-refractivity contribution < 1.29 is 4.42 Å². The zero-order valence-corrected chi connectivity index (χ0v) is 25.0.